The van der Waals surface area contributed by atoms with Gasteiger partial charge in [0.05, 0.1) is 23.2 Å². The topological polar surface area (TPSA) is 70.1 Å². The molecular formula is C34H33Cl2N3OS. The highest BCUT2D eigenvalue weighted by molar-refractivity contribution is 7.98. The van der Waals surface area contributed by atoms with Crippen molar-refractivity contribution in [1.29, 1.82) is 5.26 Å². The Hall–Kier alpha value is -3.17. The highest BCUT2D eigenvalue weighted by atomic mass is 35.5. The van der Waals surface area contributed by atoms with E-state index >= 15 is 0 Å². The lowest BCUT2D eigenvalue weighted by Crippen LogP contribution is -2.42. The Bertz CT molecular complexity index is 1640. The maximum atomic E-state index is 14.0. The van der Waals surface area contributed by atoms with Crippen molar-refractivity contribution >= 4 is 46.4 Å². The van der Waals surface area contributed by atoms with E-state index in [2.05, 4.69) is 77.1 Å². The van der Waals surface area contributed by atoms with Crippen molar-refractivity contribution in [3.8, 4) is 6.07 Å². The molecule has 7 heteroatoms. The number of anilines is 1. The van der Waals surface area contributed by atoms with Gasteiger partial charge in [-0.15, -0.1) is 11.8 Å². The number of aryl methyl sites for hydroxylation is 2. The summed E-state index contributed by atoms with van der Waals surface area (Å²) in [5, 5.41) is 11.5. The largest absolute Gasteiger partial charge is 0.384 e. The molecule has 0 saturated heterocycles. The summed E-state index contributed by atoms with van der Waals surface area (Å²) in [6.45, 7) is 10.4. The molecule has 3 aromatic carbocycles. The predicted octanol–water partition coefficient (Wildman–Crippen LogP) is 9.15. The quantitative estimate of drug-likeness (QED) is 0.295. The first-order chi connectivity index (χ1) is 19.4. The third kappa shape index (κ3) is 5.79. The molecule has 1 aliphatic heterocycles. The second kappa shape index (κ2) is 11.2. The van der Waals surface area contributed by atoms with Crippen molar-refractivity contribution in [1.82, 2.24) is 0 Å². The zero-order valence-corrected chi connectivity index (χ0v) is 26.3. The van der Waals surface area contributed by atoms with Gasteiger partial charge >= 0.3 is 0 Å². The van der Waals surface area contributed by atoms with Crippen LogP contribution in [0.25, 0.3) is 0 Å². The maximum absolute atomic E-state index is 14.0. The van der Waals surface area contributed by atoms with Gasteiger partial charge in [0.15, 0.2) is 5.78 Å². The number of thioether (sulfide) groups is 1. The van der Waals surface area contributed by atoms with Crippen molar-refractivity contribution in [3.63, 3.8) is 0 Å². The monoisotopic (exact) mass is 601 g/mol. The van der Waals surface area contributed by atoms with E-state index in [0.717, 1.165) is 28.1 Å². The Balaban J connectivity index is 1.68. The predicted molar refractivity (Wildman–Crippen MR) is 170 cm³/mol. The highest BCUT2D eigenvalue weighted by Crippen LogP contribution is 2.51. The van der Waals surface area contributed by atoms with E-state index in [-0.39, 0.29) is 11.2 Å². The normalized spacial score (nSPS) is 18.4. The Morgan fingerprint density at radius 3 is 2.29 bits per heavy atom. The summed E-state index contributed by atoms with van der Waals surface area (Å²) in [5.41, 5.74) is 14.5. The summed E-state index contributed by atoms with van der Waals surface area (Å²) < 4.78 is 0. The number of hydrogen-bond donors (Lipinski definition) is 1. The number of carbonyl (C=O) groups is 1. The number of halogens is 2. The molecule has 1 heterocycles. The van der Waals surface area contributed by atoms with E-state index in [4.69, 9.17) is 28.9 Å². The summed E-state index contributed by atoms with van der Waals surface area (Å²) in [6.07, 6.45) is 1.02. The molecule has 0 saturated carbocycles. The number of allylic oxidation sites excluding steroid dienone is 3. The smallest absolute Gasteiger partial charge is 0.162 e. The van der Waals surface area contributed by atoms with Crippen molar-refractivity contribution in [2.75, 3.05) is 4.90 Å². The lowest BCUT2D eigenvalue weighted by Gasteiger charge is -2.44. The maximum Gasteiger partial charge on any atom is 0.162 e. The Labute approximate surface area is 256 Å². The molecule has 0 aromatic heterocycles. The van der Waals surface area contributed by atoms with Crippen LogP contribution in [-0.2, 0) is 10.5 Å². The molecule has 0 spiro atoms. The van der Waals surface area contributed by atoms with E-state index < -0.39 is 5.92 Å². The van der Waals surface area contributed by atoms with Crippen LogP contribution in [0, 0.1) is 37.5 Å². The van der Waals surface area contributed by atoms with Gasteiger partial charge in [-0.25, -0.2) is 0 Å². The number of nitrogens with zero attached hydrogens (tertiary/aromatic N) is 2. The fourth-order valence-corrected chi connectivity index (χ4v) is 7.46. The molecule has 0 radical (unpaired) electrons. The van der Waals surface area contributed by atoms with E-state index in [0.29, 0.717) is 45.5 Å². The Morgan fingerprint density at radius 2 is 1.66 bits per heavy atom. The van der Waals surface area contributed by atoms with Crippen LogP contribution in [0.5, 0.6) is 0 Å². The second-order valence-corrected chi connectivity index (χ2v) is 13.8. The van der Waals surface area contributed by atoms with E-state index in [1.54, 1.807) is 30.0 Å². The van der Waals surface area contributed by atoms with Gasteiger partial charge in [-0.2, -0.15) is 5.26 Å². The van der Waals surface area contributed by atoms with Crippen LogP contribution >= 0.6 is 35.0 Å². The van der Waals surface area contributed by atoms with Gasteiger partial charge in [0.2, 0.25) is 0 Å². The summed E-state index contributed by atoms with van der Waals surface area (Å²) >= 11 is 14.6. The lowest BCUT2D eigenvalue weighted by molar-refractivity contribution is -0.118. The number of carbonyl (C=O) groups excluding carboxylic acids is 1. The molecule has 2 N–H and O–H groups in total. The molecule has 0 amide bonds. The van der Waals surface area contributed by atoms with Gasteiger partial charge in [-0.3, -0.25) is 9.69 Å². The molecule has 4 nitrogen and oxygen atoms in total. The minimum Gasteiger partial charge on any atom is -0.384 e. The molecule has 0 fully saturated rings. The number of nitrogens with two attached hydrogens (primary N) is 1. The minimum atomic E-state index is -0.549. The molecule has 41 heavy (non-hydrogen) atoms. The first-order valence-corrected chi connectivity index (χ1v) is 15.3. The Kier molecular flexibility index (Phi) is 8.05. The van der Waals surface area contributed by atoms with Gasteiger partial charge in [-0.05, 0) is 79.6 Å². The first kappa shape index (κ1) is 29.3. The summed E-state index contributed by atoms with van der Waals surface area (Å²) in [4.78, 5) is 17.0. The standard InChI is InChI=1S/C34H33Cl2N3OS/c1-19-6-8-26(9-7-19)41-18-22-10-20(2)11-27(21(22)3)31-28(17-37)33(38)39(25-13-23(35)12-24(36)14-25)29-15-34(4,5)16-30(40)32(29)31/h6-14,31H,15-16,18,38H2,1-5H3. The third-order valence-electron chi connectivity index (χ3n) is 7.91. The number of hydrogen-bond acceptors (Lipinski definition) is 5. The second-order valence-electron chi connectivity index (χ2n) is 11.8. The zero-order valence-electron chi connectivity index (χ0n) is 23.9. The van der Waals surface area contributed by atoms with Crippen LogP contribution in [0.15, 0.2) is 82.2 Å². The Morgan fingerprint density at radius 1 is 1.00 bits per heavy atom. The van der Waals surface area contributed by atoms with Crippen molar-refractivity contribution in [2.45, 2.75) is 64.0 Å². The van der Waals surface area contributed by atoms with Crippen LogP contribution in [0.2, 0.25) is 10.0 Å². The SMILES string of the molecule is Cc1ccc(SCc2cc(C)cc(C3C(C#N)=C(N)N(c4cc(Cl)cc(Cl)c4)C4=C3C(=O)CC(C)(C)C4)c2C)cc1. The molecule has 1 atom stereocenters. The molecule has 210 valence electrons. The summed E-state index contributed by atoms with van der Waals surface area (Å²) in [6, 6.07) is 20.4. The van der Waals surface area contributed by atoms with Crippen LogP contribution in [0.3, 0.4) is 0 Å². The molecule has 1 aliphatic carbocycles. The number of nitriles is 1. The molecule has 3 aromatic rings. The van der Waals surface area contributed by atoms with Gasteiger partial charge in [0.1, 0.15) is 5.82 Å². The fraction of sp³-hybridized carbons (Fsp3) is 0.294. The van der Waals surface area contributed by atoms with Crippen molar-refractivity contribution in [3.05, 3.63) is 115 Å². The fourth-order valence-electron chi connectivity index (χ4n) is 5.99. The molecular weight excluding hydrogens is 569 g/mol. The van der Waals surface area contributed by atoms with Crippen molar-refractivity contribution < 1.29 is 4.79 Å². The van der Waals surface area contributed by atoms with E-state index in [9.17, 15) is 10.1 Å². The van der Waals surface area contributed by atoms with E-state index in [1.165, 1.54) is 16.0 Å². The third-order valence-corrected chi connectivity index (χ3v) is 9.41. The van der Waals surface area contributed by atoms with Crippen LogP contribution < -0.4 is 10.6 Å². The number of Topliss-reactive ketones (excluding diaryl/α,β-unsaturated/α-hetero) is 1. The molecule has 1 unspecified atom stereocenters. The average molecular weight is 603 g/mol. The van der Waals surface area contributed by atoms with E-state index in [1.807, 2.05) is 4.90 Å². The van der Waals surface area contributed by atoms with Crippen LogP contribution in [0.1, 0.15) is 60.4 Å². The summed E-state index contributed by atoms with van der Waals surface area (Å²) in [7, 11) is 0. The molecule has 5 rings (SSSR count). The van der Waals surface area contributed by atoms with Crippen LogP contribution in [-0.4, -0.2) is 5.78 Å². The molecule has 0 bridgehead atoms. The first-order valence-electron chi connectivity index (χ1n) is 13.6. The van der Waals surface area contributed by atoms with Crippen LogP contribution in [0.4, 0.5) is 5.69 Å². The lowest BCUT2D eigenvalue weighted by atomic mass is 9.68. The van der Waals surface area contributed by atoms with Crippen molar-refractivity contribution in [2.24, 2.45) is 11.1 Å². The van der Waals surface area contributed by atoms with Gasteiger partial charge in [0.25, 0.3) is 0 Å². The average Bonchev–Trinajstić information content (AvgIpc) is 2.88. The number of rotatable bonds is 5. The zero-order chi connectivity index (χ0) is 29.6. The highest BCUT2D eigenvalue weighted by Gasteiger charge is 2.45. The van der Waals surface area contributed by atoms with Gasteiger partial charge < -0.3 is 5.73 Å². The minimum absolute atomic E-state index is 0.0381. The number of ketones is 1. The summed E-state index contributed by atoms with van der Waals surface area (Å²) in [5.74, 6) is 0.567. The molecule has 2 aliphatic rings. The van der Waals surface area contributed by atoms with Gasteiger partial charge in [0, 0.05) is 38.4 Å². The number of benzene rings is 3. The van der Waals surface area contributed by atoms with Gasteiger partial charge in [-0.1, -0.05) is 72.4 Å².